The number of hydrogen-bond acceptors (Lipinski definition) is 2. The first kappa shape index (κ1) is 13.6. The third kappa shape index (κ3) is 2.34. The van der Waals surface area contributed by atoms with Crippen molar-refractivity contribution in [3.05, 3.63) is 48.0 Å². The lowest BCUT2D eigenvalue weighted by molar-refractivity contribution is -0.298. The van der Waals surface area contributed by atoms with E-state index in [2.05, 4.69) is 56.3 Å². The van der Waals surface area contributed by atoms with Gasteiger partial charge in [-0.25, -0.2) is 0 Å². The molecule has 1 saturated heterocycles. The van der Waals surface area contributed by atoms with Gasteiger partial charge in [-0.05, 0) is 29.2 Å². The maximum absolute atomic E-state index is 6.34. The van der Waals surface area contributed by atoms with Crippen molar-refractivity contribution in [2.75, 3.05) is 6.61 Å². The average Bonchev–Trinajstić information content (AvgIpc) is 2.54. The first-order valence-corrected chi connectivity index (χ1v) is 7.57. The lowest BCUT2D eigenvalue weighted by atomic mass is 9.97. The Morgan fingerprint density at radius 1 is 1.05 bits per heavy atom. The SMILES string of the molecule is CCC1(CC)OCCC(c2cccc3ccccc23)O1. The predicted octanol–water partition coefficient (Wildman–Crippen LogP) is 4.83. The van der Waals surface area contributed by atoms with Crippen molar-refractivity contribution in [3.8, 4) is 0 Å². The summed E-state index contributed by atoms with van der Waals surface area (Å²) in [6.45, 7) is 5.04. The van der Waals surface area contributed by atoms with Gasteiger partial charge in [-0.1, -0.05) is 56.3 Å². The highest BCUT2D eigenvalue weighted by molar-refractivity contribution is 5.86. The maximum atomic E-state index is 6.34. The standard InChI is InChI=1S/C18H22O2/c1-3-18(4-2)19-13-12-17(20-18)16-11-7-9-14-8-5-6-10-15(14)16/h5-11,17H,3-4,12-13H2,1-2H3. The van der Waals surface area contributed by atoms with E-state index in [0.29, 0.717) is 0 Å². The summed E-state index contributed by atoms with van der Waals surface area (Å²) >= 11 is 0. The molecule has 0 radical (unpaired) electrons. The molecule has 0 aromatic heterocycles. The highest BCUT2D eigenvalue weighted by Gasteiger charge is 2.36. The molecule has 1 aliphatic heterocycles. The van der Waals surface area contributed by atoms with Gasteiger partial charge in [-0.15, -0.1) is 0 Å². The number of rotatable bonds is 3. The minimum absolute atomic E-state index is 0.134. The van der Waals surface area contributed by atoms with Gasteiger partial charge in [0.2, 0.25) is 0 Å². The van der Waals surface area contributed by atoms with Crippen molar-refractivity contribution in [1.29, 1.82) is 0 Å². The van der Waals surface area contributed by atoms with E-state index in [1.165, 1.54) is 16.3 Å². The Morgan fingerprint density at radius 3 is 2.60 bits per heavy atom. The van der Waals surface area contributed by atoms with E-state index in [1.807, 2.05) is 0 Å². The van der Waals surface area contributed by atoms with Crippen molar-refractivity contribution in [1.82, 2.24) is 0 Å². The molecular formula is C18H22O2. The third-order valence-corrected chi connectivity index (χ3v) is 4.35. The Kier molecular flexibility index (Phi) is 3.77. The molecule has 1 heterocycles. The van der Waals surface area contributed by atoms with Gasteiger partial charge < -0.3 is 9.47 Å². The second kappa shape index (κ2) is 5.55. The van der Waals surface area contributed by atoms with E-state index in [9.17, 15) is 0 Å². The molecule has 2 heteroatoms. The van der Waals surface area contributed by atoms with E-state index >= 15 is 0 Å². The molecule has 0 aliphatic carbocycles. The topological polar surface area (TPSA) is 18.5 Å². The quantitative estimate of drug-likeness (QED) is 0.795. The Balaban J connectivity index is 1.98. The van der Waals surface area contributed by atoms with Crippen LogP contribution in [-0.2, 0) is 9.47 Å². The van der Waals surface area contributed by atoms with Gasteiger partial charge in [0.1, 0.15) is 0 Å². The summed E-state index contributed by atoms with van der Waals surface area (Å²) < 4.78 is 12.2. The molecule has 2 aromatic rings. The van der Waals surface area contributed by atoms with E-state index in [1.54, 1.807) is 0 Å². The second-order valence-electron chi connectivity index (χ2n) is 5.43. The van der Waals surface area contributed by atoms with Crippen LogP contribution in [0.15, 0.2) is 42.5 Å². The van der Waals surface area contributed by atoms with Crippen LogP contribution in [0.4, 0.5) is 0 Å². The lowest BCUT2D eigenvalue weighted by Crippen LogP contribution is -2.40. The minimum atomic E-state index is -0.403. The Hall–Kier alpha value is -1.38. The number of fused-ring (bicyclic) bond motifs is 1. The largest absolute Gasteiger partial charge is 0.350 e. The van der Waals surface area contributed by atoms with Crippen LogP contribution in [0, 0.1) is 0 Å². The molecule has 1 atom stereocenters. The van der Waals surface area contributed by atoms with Gasteiger partial charge in [0.15, 0.2) is 5.79 Å². The lowest BCUT2D eigenvalue weighted by Gasteiger charge is -2.40. The van der Waals surface area contributed by atoms with Crippen LogP contribution in [0.1, 0.15) is 44.8 Å². The summed E-state index contributed by atoms with van der Waals surface area (Å²) in [7, 11) is 0. The summed E-state index contributed by atoms with van der Waals surface area (Å²) in [6, 6.07) is 15.0. The predicted molar refractivity (Wildman–Crippen MR) is 81.7 cm³/mol. The first-order valence-electron chi connectivity index (χ1n) is 7.57. The zero-order chi connectivity index (χ0) is 14.0. The zero-order valence-corrected chi connectivity index (χ0v) is 12.3. The highest BCUT2D eigenvalue weighted by atomic mass is 16.7. The summed E-state index contributed by atoms with van der Waals surface area (Å²) in [4.78, 5) is 0. The van der Waals surface area contributed by atoms with Crippen LogP contribution in [0.3, 0.4) is 0 Å². The normalized spacial score (nSPS) is 22.0. The van der Waals surface area contributed by atoms with Crippen LogP contribution < -0.4 is 0 Å². The molecule has 0 amide bonds. The van der Waals surface area contributed by atoms with Crippen molar-refractivity contribution in [3.63, 3.8) is 0 Å². The molecular weight excluding hydrogens is 248 g/mol. The molecule has 3 rings (SSSR count). The number of benzene rings is 2. The molecule has 0 saturated carbocycles. The first-order chi connectivity index (χ1) is 9.78. The summed E-state index contributed by atoms with van der Waals surface area (Å²) in [5, 5.41) is 2.57. The van der Waals surface area contributed by atoms with Gasteiger partial charge in [0, 0.05) is 6.42 Å². The van der Waals surface area contributed by atoms with Crippen molar-refractivity contribution in [2.24, 2.45) is 0 Å². The van der Waals surface area contributed by atoms with Gasteiger partial charge in [-0.3, -0.25) is 0 Å². The Morgan fingerprint density at radius 2 is 1.80 bits per heavy atom. The molecule has 0 spiro atoms. The van der Waals surface area contributed by atoms with Gasteiger partial charge in [0.05, 0.1) is 12.7 Å². The van der Waals surface area contributed by atoms with E-state index in [0.717, 1.165) is 25.9 Å². The maximum Gasteiger partial charge on any atom is 0.168 e. The fraction of sp³-hybridized carbons (Fsp3) is 0.444. The molecule has 2 aromatic carbocycles. The van der Waals surface area contributed by atoms with Gasteiger partial charge in [0.25, 0.3) is 0 Å². The minimum Gasteiger partial charge on any atom is -0.350 e. The van der Waals surface area contributed by atoms with Crippen molar-refractivity contribution >= 4 is 10.8 Å². The molecule has 2 nitrogen and oxygen atoms in total. The smallest absolute Gasteiger partial charge is 0.168 e. The average molecular weight is 270 g/mol. The van der Waals surface area contributed by atoms with Crippen LogP contribution in [-0.4, -0.2) is 12.4 Å². The van der Waals surface area contributed by atoms with Crippen molar-refractivity contribution in [2.45, 2.75) is 45.0 Å². The molecule has 0 N–H and O–H groups in total. The summed E-state index contributed by atoms with van der Waals surface area (Å²) in [5.41, 5.74) is 1.29. The number of hydrogen-bond donors (Lipinski definition) is 0. The highest BCUT2D eigenvalue weighted by Crippen LogP contribution is 2.39. The monoisotopic (exact) mass is 270 g/mol. The molecule has 20 heavy (non-hydrogen) atoms. The van der Waals surface area contributed by atoms with Crippen LogP contribution in [0.2, 0.25) is 0 Å². The third-order valence-electron chi connectivity index (χ3n) is 4.35. The van der Waals surface area contributed by atoms with Gasteiger partial charge >= 0.3 is 0 Å². The molecule has 0 bridgehead atoms. The zero-order valence-electron chi connectivity index (χ0n) is 12.3. The molecule has 1 aliphatic rings. The second-order valence-corrected chi connectivity index (χ2v) is 5.43. The molecule has 1 unspecified atom stereocenters. The Bertz CT molecular complexity index is 581. The Labute approximate surface area is 120 Å². The summed E-state index contributed by atoms with van der Waals surface area (Å²) in [5.74, 6) is -0.403. The van der Waals surface area contributed by atoms with E-state index in [4.69, 9.17) is 9.47 Å². The van der Waals surface area contributed by atoms with Crippen molar-refractivity contribution < 1.29 is 9.47 Å². The van der Waals surface area contributed by atoms with Crippen LogP contribution >= 0.6 is 0 Å². The fourth-order valence-electron chi connectivity index (χ4n) is 3.08. The van der Waals surface area contributed by atoms with Crippen LogP contribution in [0.5, 0.6) is 0 Å². The molecule has 1 fully saturated rings. The fourth-order valence-corrected chi connectivity index (χ4v) is 3.08. The van der Waals surface area contributed by atoms with Gasteiger partial charge in [-0.2, -0.15) is 0 Å². The number of ether oxygens (including phenoxy) is 2. The molecule has 106 valence electrons. The van der Waals surface area contributed by atoms with E-state index in [-0.39, 0.29) is 6.10 Å². The van der Waals surface area contributed by atoms with Crippen LogP contribution in [0.25, 0.3) is 10.8 Å². The van der Waals surface area contributed by atoms with E-state index < -0.39 is 5.79 Å². The summed E-state index contributed by atoms with van der Waals surface area (Å²) in [6.07, 6.45) is 2.85.